The molecule has 0 unspecified atom stereocenters. The van der Waals surface area contributed by atoms with Crippen LogP contribution in [0.1, 0.15) is 11.1 Å². The summed E-state index contributed by atoms with van der Waals surface area (Å²) in [6.45, 7) is 0.489. The van der Waals surface area contributed by atoms with Gasteiger partial charge in [-0.3, -0.25) is 10.1 Å². The van der Waals surface area contributed by atoms with Crippen molar-refractivity contribution in [3.8, 4) is 0 Å². The normalized spacial score (nSPS) is 10.2. The first-order chi connectivity index (χ1) is 9.19. The highest BCUT2D eigenvalue weighted by Gasteiger charge is 2.05. The zero-order chi connectivity index (χ0) is 13.7. The molecular weight excluding hydrogens is 244 g/mol. The van der Waals surface area contributed by atoms with E-state index in [1.165, 1.54) is 6.07 Å². The quantitative estimate of drug-likeness (QED) is 0.638. The first kappa shape index (κ1) is 13.0. The lowest BCUT2D eigenvalue weighted by Crippen LogP contribution is -2.00. The number of rotatable bonds is 5. The summed E-state index contributed by atoms with van der Waals surface area (Å²) in [5.41, 5.74) is 2.62. The Morgan fingerprint density at radius 3 is 2.58 bits per heavy atom. The van der Waals surface area contributed by atoms with E-state index in [4.69, 9.17) is 5.11 Å². The van der Waals surface area contributed by atoms with Gasteiger partial charge in [-0.15, -0.1) is 0 Å². The molecule has 2 rings (SSSR count). The number of aliphatic hydroxyl groups is 1. The van der Waals surface area contributed by atoms with E-state index < -0.39 is 4.92 Å². The lowest BCUT2D eigenvalue weighted by Gasteiger charge is -2.07. The van der Waals surface area contributed by atoms with Crippen LogP contribution in [0.15, 0.2) is 48.5 Å². The highest BCUT2D eigenvalue weighted by molar-refractivity contribution is 5.46. The van der Waals surface area contributed by atoms with Crippen LogP contribution in [0.4, 0.5) is 11.4 Å². The molecule has 0 saturated carbocycles. The number of nitro groups is 1. The molecule has 2 aromatic carbocycles. The van der Waals surface area contributed by atoms with Crippen molar-refractivity contribution < 1.29 is 10.0 Å². The van der Waals surface area contributed by atoms with Gasteiger partial charge in [-0.1, -0.05) is 24.3 Å². The van der Waals surface area contributed by atoms with Gasteiger partial charge in [0.25, 0.3) is 5.69 Å². The van der Waals surface area contributed by atoms with Crippen molar-refractivity contribution in [1.82, 2.24) is 0 Å². The molecule has 0 bridgehead atoms. The van der Waals surface area contributed by atoms with Crippen LogP contribution in [-0.4, -0.2) is 10.0 Å². The maximum Gasteiger partial charge on any atom is 0.269 e. The molecule has 2 N–H and O–H groups in total. The Morgan fingerprint density at radius 1 is 1.11 bits per heavy atom. The fourth-order valence-corrected chi connectivity index (χ4v) is 1.76. The third-order valence-electron chi connectivity index (χ3n) is 2.73. The van der Waals surface area contributed by atoms with Gasteiger partial charge in [0.1, 0.15) is 0 Å². The number of nitrogens with zero attached hydrogens (tertiary/aromatic N) is 1. The molecule has 98 valence electrons. The number of anilines is 1. The van der Waals surface area contributed by atoms with Crippen LogP contribution in [0.25, 0.3) is 0 Å². The topological polar surface area (TPSA) is 75.4 Å². The van der Waals surface area contributed by atoms with Crippen LogP contribution in [0.2, 0.25) is 0 Å². The van der Waals surface area contributed by atoms with E-state index in [1.807, 2.05) is 30.3 Å². The molecule has 0 heterocycles. The minimum atomic E-state index is -0.407. The summed E-state index contributed by atoms with van der Waals surface area (Å²) in [6.07, 6.45) is 0. The second-order valence-electron chi connectivity index (χ2n) is 4.14. The zero-order valence-corrected chi connectivity index (χ0v) is 10.2. The molecule has 0 amide bonds. The van der Waals surface area contributed by atoms with Gasteiger partial charge in [-0.2, -0.15) is 0 Å². The summed E-state index contributed by atoms with van der Waals surface area (Å²) in [5, 5.41) is 22.9. The SMILES string of the molecule is O=[N+]([O-])c1cccc(CNc2cccc(CO)c2)c1. The molecule has 0 aliphatic rings. The minimum absolute atomic E-state index is 0.00761. The molecular formula is C14H14N2O3. The average Bonchev–Trinajstić information content (AvgIpc) is 2.45. The summed E-state index contributed by atoms with van der Waals surface area (Å²) in [6, 6.07) is 13.9. The third kappa shape index (κ3) is 3.53. The van der Waals surface area contributed by atoms with Crippen molar-refractivity contribution >= 4 is 11.4 Å². The summed E-state index contributed by atoms with van der Waals surface area (Å²) < 4.78 is 0. The summed E-state index contributed by atoms with van der Waals surface area (Å²) >= 11 is 0. The number of non-ortho nitro benzene ring substituents is 1. The standard InChI is InChI=1S/C14H14N2O3/c17-10-12-4-1-5-13(7-12)15-9-11-3-2-6-14(8-11)16(18)19/h1-8,15,17H,9-10H2. The smallest absolute Gasteiger partial charge is 0.269 e. The average molecular weight is 258 g/mol. The van der Waals surface area contributed by atoms with Crippen LogP contribution in [0, 0.1) is 10.1 Å². The van der Waals surface area contributed by atoms with Gasteiger partial charge in [-0.05, 0) is 23.3 Å². The van der Waals surface area contributed by atoms with E-state index in [0.717, 1.165) is 16.8 Å². The van der Waals surface area contributed by atoms with Gasteiger partial charge < -0.3 is 10.4 Å². The Labute approximate surface area is 110 Å². The lowest BCUT2D eigenvalue weighted by molar-refractivity contribution is -0.384. The van der Waals surface area contributed by atoms with Crippen molar-refractivity contribution in [3.05, 3.63) is 69.8 Å². The molecule has 0 radical (unpaired) electrons. The zero-order valence-electron chi connectivity index (χ0n) is 10.2. The monoisotopic (exact) mass is 258 g/mol. The number of hydrogen-bond acceptors (Lipinski definition) is 4. The van der Waals surface area contributed by atoms with Gasteiger partial charge in [0.15, 0.2) is 0 Å². The molecule has 19 heavy (non-hydrogen) atoms. The van der Waals surface area contributed by atoms with Crippen molar-refractivity contribution in [2.24, 2.45) is 0 Å². The van der Waals surface area contributed by atoms with Gasteiger partial charge in [0.2, 0.25) is 0 Å². The highest BCUT2D eigenvalue weighted by Crippen LogP contribution is 2.16. The van der Waals surface area contributed by atoms with Gasteiger partial charge in [0, 0.05) is 24.4 Å². The Kier molecular flexibility index (Phi) is 4.10. The third-order valence-corrected chi connectivity index (χ3v) is 2.73. The largest absolute Gasteiger partial charge is 0.392 e. The molecule has 0 aromatic heterocycles. The number of benzene rings is 2. The van der Waals surface area contributed by atoms with E-state index in [2.05, 4.69) is 5.32 Å². The predicted octanol–water partition coefficient (Wildman–Crippen LogP) is 2.70. The van der Waals surface area contributed by atoms with E-state index in [1.54, 1.807) is 12.1 Å². The molecule has 5 nitrogen and oxygen atoms in total. The van der Waals surface area contributed by atoms with Crippen molar-refractivity contribution in [2.75, 3.05) is 5.32 Å². The Morgan fingerprint density at radius 2 is 1.84 bits per heavy atom. The summed E-state index contributed by atoms with van der Waals surface area (Å²) in [5.74, 6) is 0. The van der Waals surface area contributed by atoms with E-state index >= 15 is 0 Å². The van der Waals surface area contributed by atoms with Gasteiger partial charge >= 0.3 is 0 Å². The predicted molar refractivity (Wildman–Crippen MR) is 72.8 cm³/mol. The van der Waals surface area contributed by atoms with Crippen LogP contribution >= 0.6 is 0 Å². The van der Waals surface area contributed by atoms with Crippen LogP contribution in [0.3, 0.4) is 0 Å². The molecule has 2 aromatic rings. The Balaban J connectivity index is 2.05. The molecule has 5 heteroatoms. The van der Waals surface area contributed by atoms with E-state index in [-0.39, 0.29) is 12.3 Å². The molecule has 0 aliphatic heterocycles. The molecule has 0 aliphatic carbocycles. The van der Waals surface area contributed by atoms with Crippen molar-refractivity contribution in [3.63, 3.8) is 0 Å². The maximum absolute atomic E-state index is 10.7. The lowest BCUT2D eigenvalue weighted by atomic mass is 10.2. The van der Waals surface area contributed by atoms with Gasteiger partial charge in [-0.25, -0.2) is 0 Å². The minimum Gasteiger partial charge on any atom is -0.392 e. The number of hydrogen-bond donors (Lipinski definition) is 2. The second-order valence-corrected chi connectivity index (χ2v) is 4.14. The van der Waals surface area contributed by atoms with Crippen LogP contribution in [-0.2, 0) is 13.2 Å². The first-order valence-electron chi connectivity index (χ1n) is 5.86. The highest BCUT2D eigenvalue weighted by atomic mass is 16.6. The molecule has 0 fully saturated rings. The van der Waals surface area contributed by atoms with E-state index in [9.17, 15) is 10.1 Å². The van der Waals surface area contributed by atoms with Crippen LogP contribution in [0.5, 0.6) is 0 Å². The van der Waals surface area contributed by atoms with Crippen molar-refractivity contribution in [2.45, 2.75) is 13.2 Å². The fraction of sp³-hybridized carbons (Fsp3) is 0.143. The summed E-state index contributed by atoms with van der Waals surface area (Å²) in [4.78, 5) is 10.3. The molecule has 0 spiro atoms. The summed E-state index contributed by atoms with van der Waals surface area (Å²) in [7, 11) is 0. The number of aliphatic hydroxyl groups excluding tert-OH is 1. The number of nitro benzene ring substituents is 1. The second kappa shape index (κ2) is 5.97. The maximum atomic E-state index is 10.7. The van der Waals surface area contributed by atoms with E-state index in [0.29, 0.717) is 6.54 Å². The van der Waals surface area contributed by atoms with Crippen LogP contribution < -0.4 is 5.32 Å². The number of nitrogens with one attached hydrogen (secondary N) is 1. The Hall–Kier alpha value is -2.40. The fourth-order valence-electron chi connectivity index (χ4n) is 1.76. The Bertz CT molecular complexity index is 584. The molecule has 0 atom stereocenters. The van der Waals surface area contributed by atoms with Crippen molar-refractivity contribution in [1.29, 1.82) is 0 Å². The van der Waals surface area contributed by atoms with Gasteiger partial charge in [0.05, 0.1) is 11.5 Å². The first-order valence-corrected chi connectivity index (χ1v) is 5.86. The molecule has 0 saturated heterocycles.